The number of amides is 1. The summed E-state index contributed by atoms with van der Waals surface area (Å²) >= 11 is 0. The minimum Gasteiger partial charge on any atom is -0.489 e. The average molecular weight is 338 g/mol. The van der Waals surface area contributed by atoms with E-state index in [9.17, 15) is 4.79 Å². The average Bonchev–Trinajstić information content (AvgIpc) is 3.09. The Morgan fingerprint density at radius 1 is 1.28 bits per heavy atom. The number of ether oxygens (including phenoxy) is 1. The fourth-order valence-electron chi connectivity index (χ4n) is 2.13. The molecule has 0 aliphatic carbocycles. The van der Waals surface area contributed by atoms with Crippen LogP contribution in [0, 0.1) is 0 Å². The number of pyridine rings is 1. The predicted octanol–water partition coefficient (Wildman–Crippen LogP) is 2.69. The van der Waals surface area contributed by atoms with Gasteiger partial charge in [-0.1, -0.05) is 23.4 Å². The van der Waals surface area contributed by atoms with Crippen molar-refractivity contribution in [3.8, 4) is 17.1 Å². The van der Waals surface area contributed by atoms with Gasteiger partial charge in [0.1, 0.15) is 12.4 Å². The standard InChI is InChI=1S/C18H18N4O3/c1-13(23)22(2)11-17-20-18(21-25-17)15-6-3-7-16(9-15)24-12-14-5-4-8-19-10-14/h3-10H,11-12H2,1-2H3. The lowest BCUT2D eigenvalue weighted by Gasteiger charge is -2.10. The van der Waals surface area contributed by atoms with E-state index in [-0.39, 0.29) is 12.5 Å². The quantitative estimate of drug-likeness (QED) is 0.687. The van der Waals surface area contributed by atoms with Gasteiger partial charge in [0.25, 0.3) is 0 Å². The minimum absolute atomic E-state index is 0.0643. The van der Waals surface area contributed by atoms with Crippen LogP contribution in [0.5, 0.6) is 5.75 Å². The molecule has 0 bridgehead atoms. The fraction of sp³-hybridized carbons (Fsp3) is 0.222. The third-order valence-corrected chi connectivity index (χ3v) is 3.60. The molecule has 0 fully saturated rings. The van der Waals surface area contributed by atoms with Gasteiger partial charge in [-0.25, -0.2) is 0 Å². The van der Waals surface area contributed by atoms with E-state index in [1.807, 2.05) is 36.4 Å². The van der Waals surface area contributed by atoms with Gasteiger partial charge >= 0.3 is 0 Å². The van der Waals surface area contributed by atoms with Gasteiger partial charge in [-0.15, -0.1) is 0 Å². The normalized spacial score (nSPS) is 10.5. The number of aromatic nitrogens is 3. The molecule has 2 aromatic heterocycles. The van der Waals surface area contributed by atoms with Crippen LogP contribution in [-0.2, 0) is 17.9 Å². The van der Waals surface area contributed by atoms with Crippen LogP contribution in [0.4, 0.5) is 0 Å². The van der Waals surface area contributed by atoms with Crippen LogP contribution in [0.15, 0.2) is 53.3 Å². The lowest BCUT2D eigenvalue weighted by atomic mass is 10.2. The Bertz CT molecular complexity index is 848. The van der Waals surface area contributed by atoms with Crippen molar-refractivity contribution in [1.29, 1.82) is 0 Å². The summed E-state index contributed by atoms with van der Waals surface area (Å²) in [5.74, 6) is 1.48. The topological polar surface area (TPSA) is 81.4 Å². The van der Waals surface area contributed by atoms with Gasteiger partial charge in [-0.3, -0.25) is 9.78 Å². The molecule has 0 atom stereocenters. The first-order valence-electron chi connectivity index (χ1n) is 7.78. The van der Waals surface area contributed by atoms with E-state index in [0.29, 0.717) is 24.1 Å². The predicted molar refractivity (Wildman–Crippen MR) is 90.5 cm³/mol. The SMILES string of the molecule is CC(=O)N(C)Cc1nc(-c2cccc(OCc3cccnc3)c2)no1. The summed E-state index contributed by atoms with van der Waals surface area (Å²) in [5.41, 5.74) is 1.77. The van der Waals surface area contributed by atoms with E-state index >= 15 is 0 Å². The lowest BCUT2D eigenvalue weighted by Crippen LogP contribution is -2.23. The highest BCUT2D eigenvalue weighted by Crippen LogP contribution is 2.22. The summed E-state index contributed by atoms with van der Waals surface area (Å²) in [7, 11) is 1.68. The molecule has 0 unspecified atom stereocenters. The Hall–Kier alpha value is -3.22. The third kappa shape index (κ3) is 4.41. The van der Waals surface area contributed by atoms with Gasteiger partial charge in [-0.05, 0) is 18.2 Å². The van der Waals surface area contributed by atoms with E-state index in [1.54, 1.807) is 19.4 Å². The molecule has 128 valence electrons. The second-order valence-electron chi connectivity index (χ2n) is 5.56. The van der Waals surface area contributed by atoms with E-state index in [1.165, 1.54) is 11.8 Å². The summed E-state index contributed by atoms with van der Waals surface area (Å²) in [4.78, 5) is 21.2. The zero-order chi connectivity index (χ0) is 17.6. The Morgan fingerprint density at radius 3 is 2.92 bits per heavy atom. The van der Waals surface area contributed by atoms with Gasteiger partial charge in [0.2, 0.25) is 17.6 Å². The molecule has 0 saturated carbocycles. The molecule has 1 amide bonds. The maximum atomic E-state index is 11.3. The van der Waals surface area contributed by atoms with Crippen molar-refractivity contribution in [2.45, 2.75) is 20.1 Å². The van der Waals surface area contributed by atoms with Crippen molar-refractivity contribution in [1.82, 2.24) is 20.0 Å². The maximum Gasteiger partial charge on any atom is 0.246 e. The molecule has 2 heterocycles. The zero-order valence-electron chi connectivity index (χ0n) is 14.0. The van der Waals surface area contributed by atoms with Crippen molar-refractivity contribution in [2.75, 3.05) is 7.05 Å². The monoisotopic (exact) mass is 338 g/mol. The van der Waals surface area contributed by atoms with Crippen molar-refractivity contribution in [3.63, 3.8) is 0 Å². The Morgan fingerprint density at radius 2 is 2.16 bits per heavy atom. The summed E-state index contributed by atoms with van der Waals surface area (Å²) in [5, 5.41) is 3.97. The van der Waals surface area contributed by atoms with E-state index in [4.69, 9.17) is 9.26 Å². The summed E-state index contributed by atoms with van der Waals surface area (Å²) in [6.45, 7) is 2.19. The Kier molecular flexibility index (Phi) is 5.03. The second-order valence-corrected chi connectivity index (χ2v) is 5.56. The number of carbonyl (C=O) groups excluding carboxylic acids is 1. The molecule has 3 aromatic rings. The Balaban J connectivity index is 1.69. The molecule has 7 heteroatoms. The van der Waals surface area contributed by atoms with Crippen LogP contribution in [0.1, 0.15) is 18.4 Å². The van der Waals surface area contributed by atoms with Gasteiger partial charge in [-0.2, -0.15) is 4.98 Å². The molecule has 7 nitrogen and oxygen atoms in total. The van der Waals surface area contributed by atoms with Gasteiger partial charge in [0.15, 0.2) is 0 Å². The zero-order valence-corrected chi connectivity index (χ0v) is 14.0. The van der Waals surface area contributed by atoms with E-state index in [2.05, 4.69) is 15.1 Å². The fourth-order valence-corrected chi connectivity index (χ4v) is 2.13. The lowest BCUT2D eigenvalue weighted by molar-refractivity contribution is -0.128. The molecular weight excluding hydrogens is 320 g/mol. The molecule has 0 N–H and O–H groups in total. The highest BCUT2D eigenvalue weighted by molar-refractivity contribution is 5.72. The number of hydrogen-bond donors (Lipinski definition) is 0. The maximum absolute atomic E-state index is 11.3. The highest BCUT2D eigenvalue weighted by Gasteiger charge is 2.12. The van der Waals surface area contributed by atoms with Crippen LogP contribution in [-0.4, -0.2) is 33.0 Å². The minimum atomic E-state index is -0.0643. The number of rotatable bonds is 6. The number of nitrogens with zero attached hydrogens (tertiary/aromatic N) is 4. The van der Waals surface area contributed by atoms with Crippen LogP contribution >= 0.6 is 0 Å². The van der Waals surface area contributed by atoms with Crippen molar-refractivity contribution in [3.05, 3.63) is 60.2 Å². The largest absolute Gasteiger partial charge is 0.489 e. The van der Waals surface area contributed by atoms with Crippen molar-refractivity contribution < 1.29 is 14.1 Å². The molecule has 3 rings (SSSR count). The third-order valence-electron chi connectivity index (χ3n) is 3.60. The first kappa shape index (κ1) is 16.6. The van der Waals surface area contributed by atoms with Crippen LogP contribution in [0.3, 0.4) is 0 Å². The van der Waals surface area contributed by atoms with Crippen molar-refractivity contribution in [2.24, 2.45) is 0 Å². The van der Waals surface area contributed by atoms with E-state index in [0.717, 1.165) is 11.1 Å². The second kappa shape index (κ2) is 7.57. The van der Waals surface area contributed by atoms with Gasteiger partial charge < -0.3 is 14.2 Å². The number of benzene rings is 1. The van der Waals surface area contributed by atoms with Gasteiger partial charge in [0.05, 0.1) is 6.54 Å². The number of carbonyl (C=O) groups is 1. The molecule has 0 radical (unpaired) electrons. The molecule has 0 spiro atoms. The van der Waals surface area contributed by atoms with Gasteiger partial charge in [0, 0.05) is 37.5 Å². The molecule has 25 heavy (non-hydrogen) atoms. The van der Waals surface area contributed by atoms with Crippen molar-refractivity contribution >= 4 is 5.91 Å². The Labute approximate surface area is 145 Å². The molecule has 0 aliphatic heterocycles. The number of hydrogen-bond acceptors (Lipinski definition) is 6. The smallest absolute Gasteiger partial charge is 0.246 e. The van der Waals surface area contributed by atoms with Crippen LogP contribution in [0.2, 0.25) is 0 Å². The highest BCUT2D eigenvalue weighted by atomic mass is 16.5. The molecular formula is C18H18N4O3. The molecule has 0 saturated heterocycles. The summed E-state index contributed by atoms with van der Waals surface area (Å²) in [6.07, 6.45) is 3.49. The summed E-state index contributed by atoms with van der Waals surface area (Å²) in [6, 6.07) is 11.3. The molecule has 1 aromatic carbocycles. The molecule has 0 aliphatic rings. The van der Waals surface area contributed by atoms with Crippen LogP contribution in [0.25, 0.3) is 11.4 Å². The first-order valence-corrected chi connectivity index (χ1v) is 7.78. The first-order chi connectivity index (χ1) is 12.1. The van der Waals surface area contributed by atoms with Crippen LogP contribution < -0.4 is 4.74 Å². The summed E-state index contributed by atoms with van der Waals surface area (Å²) < 4.78 is 11.0. The van der Waals surface area contributed by atoms with E-state index < -0.39 is 0 Å².